The highest BCUT2D eigenvalue weighted by Gasteiger charge is 2.44. The highest BCUT2D eigenvalue weighted by atomic mass is 28.4. The zero-order valence-electron chi connectivity index (χ0n) is 12.7. The predicted molar refractivity (Wildman–Crippen MR) is 77.2 cm³/mol. The lowest BCUT2D eigenvalue weighted by Gasteiger charge is -2.43. The second-order valence-electron chi connectivity index (χ2n) is 7.15. The Kier molecular flexibility index (Phi) is 3.75. The van der Waals surface area contributed by atoms with Crippen molar-refractivity contribution in [3.8, 4) is 0 Å². The van der Waals surface area contributed by atoms with Crippen LogP contribution in [-0.4, -0.2) is 31.8 Å². The average molecular weight is 254 g/mol. The Labute approximate surface area is 108 Å². The molecule has 3 heteroatoms. The van der Waals surface area contributed by atoms with Crippen LogP contribution >= 0.6 is 0 Å². The quantitative estimate of drug-likeness (QED) is 0.553. The summed E-state index contributed by atoms with van der Waals surface area (Å²) in [4.78, 5) is 0. The summed E-state index contributed by atoms with van der Waals surface area (Å²) in [6.07, 6.45) is 6.57. The van der Waals surface area contributed by atoms with Crippen LogP contribution in [0.2, 0.25) is 18.1 Å². The van der Waals surface area contributed by atoms with E-state index in [4.69, 9.17) is 4.43 Å². The van der Waals surface area contributed by atoms with E-state index in [0.29, 0.717) is 5.92 Å². The maximum atomic E-state index is 6.55. The van der Waals surface area contributed by atoms with Crippen molar-refractivity contribution in [2.24, 2.45) is 5.92 Å². The van der Waals surface area contributed by atoms with Gasteiger partial charge in [-0.2, -0.15) is 0 Å². The molecule has 0 aromatic carbocycles. The van der Waals surface area contributed by atoms with Crippen molar-refractivity contribution in [2.75, 3.05) is 7.05 Å². The van der Waals surface area contributed by atoms with Crippen molar-refractivity contribution in [1.29, 1.82) is 0 Å². The van der Waals surface area contributed by atoms with Gasteiger partial charge in [-0.15, -0.1) is 0 Å². The van der Waals surface area contributed by atoms with Gasteiger partial charge in [-0.3, -0.25) is 0 Å². The van der Waals surface area contributed by atoms with Crippen LogP contribution in [0.5, 0.6) is 0 Å². The van der Waals surface area contributed by atoms with Gasteiger partial charge >= 0.3 is 0 Å². The number of hydrogen-bond donors (Lipinski definition) is 0. The Morgan fingerprint density at radius 2 is 1.65 bits per heavy atom. The fraction of sp³-hybridized carbons (Fsp3) is 0.786. The molecule has 0 amide bonds. The summed E-state index contributed by atoms with van der Waals surface area (Å²) >= 11 is 0. The summed E-state index contributed by atoms with van der Waals surface area (Å²) in [5, 5.41) is 0.262. The Balaban J connectivity index is 2.84. The van der Waals surface area contributed by atoms with Crippen molar-refractivity contribution in [3.63, 3.8) is 0 Å². The third-order valence-corrected chi connectivity index (χ3v) is 8.70. The third kappa shape index (κ3) is 3.29. The van der Waals surface area contributed by atoms with Crippen molar-refractivity contribution in [2.45, 2.75) is 58.4 Å². The Morgan fingerprint density at radius 1 is 1.12 bits per heavy atom. The maximum absolute atomic E-state index is 6.55. The monoisotopic (exact) mass is 254 g/mol. The summed E-state index contributed by atoms with van der Waals surface area (Å²) in [6.45, 7) is 15.9. The second kappa shape index (κ2) is 4.36. The molecule has 0 fully saturated rings. The molecule has 17 heavy (non-hydrogen) atoms. The molecule has 1 aliphatic heterocycles. The summed E-state index contributed by atoms with van der Waals surface area (Å²) in [6, 6.07) is 0. The number of rotatable bonds is 3. The average Bonchev–Trinajstić information content (AvgIpc) is 2.48. The van der Waals surface area contributed by atoms with E-state index in [-0.39, 0.29) is 10.6 Å². The molecule has 0 spiro atoms. The van der Waals surface area contributed by atoms with Crippen molar-refractivity contribution >= 4 is 14.5 Å². The first-order chi connectivity index (χ1) is 7.46. The molecular weight excluding hydrogens is 226 g/mol. The van der Waals surface area contributed by atoms with Crippen LogP contribution in [0.15, 0.2) is 12.3 Å². The van der Waals surface area contributed by atoms with Gasteiger partial charge in [-0.1, -0.05) is 20.8 Å². The minimum atomic E-state index is -1.70. The fourth-order valence-electron chi connectivity index (χ4n) is 1.87. The van der Waals surface area contributed by atoms with Crippen molar-refractivity contribution in [1.82, 2.24) is 0 Å². The lowest BCUT2D eigenvalue weighted by molar-refractivity contribution is -0.414. The minimum Gasteiger partial charge on any atom is -0.411 e. The molecule has 98 valence electrons. The minimum absolute atomic E-state index is 0.121. The largest absolute Gasteiger partial charge is 0.411 e. The molecule has 1 aliphatic rings. The van der Waals surface area contributed by atoms with Gasteiger partial charge in [0.05, 0.1) is 11.5 Å². The molecule has 0 aromatic rings. The molecule has 2 nitrogen and oxygen atoms in total. The van der Waals surface area contributed by atoms with E-state index >= 15 is 0 Å². The first-order valence-electron chi connectivity index (χ1n) is 6.41. The van der Waals surface area contributed by atoms with E-state index < -0.39 is 8.32 Å². The molecule has 0 N–H and O–H groups in total. The molecule has 0 radical (unpaired) electrons. The molecule has 0 saturated carbocycles. The van der Waals surface area contributed by atoms with Crippen LogP contribution in [0.25, 0.3) is 0 Å². The first-order valence-corrected chi connectivity index (χ1v) is 9.32. The zero-order chi connectivity index (χ0) is 13.5. The van der Waals surface area contributed by atoms with Gasteiger partial charge in [0.2, 0.25) is 0 Å². The van der Waals surface area contributed by atoms with Crippen LogP contribution < -0.4 is 0 Å². The maximum Gasteiger partial charge on any atom is 0.192 e. The van der Waals surface area contributed by atoms with Gasteiger partial charge in [0.1, 0.15) is 7.05 Å². The normalized spacial score (nSPS) is 21.9. The van der Waals surface area contributed by atoms with Crippen LogP contribution in [0.3, 0.4) is 0 Å². The second-order valence-corrected chi connectivity index (χ2v) is 11.9. The van der Waals surface area contributed by atoms with E-state index in [9.17, 15) is 0 Å². The van der Waals surface area contributed by atoms with Gasteiger partial charge in [-0.05, 0) is 38.1 Å². The van der Waals surface area contributed by atoms with Crippen LogP contribution in [0.4, 0.5) is 0 Å². The van der Waals surface area contributed by atoms with Gasteiger partial charge in [0, 0.05) is 0 Å². The van der Waals surface area contributed by atoms with E-state index in [1.807, 2.05) is 0 Å². The van der Waals surface area contributed by atoms with Crippen LogP contribution in [-0.2, 0) is 4.43 Å². The van der Waals surface area contributed by atoms with E-state index in [0.717, 1.165) is 0 Å². The van der Waals surface area contributed by atoms with Gasteiger partial charge in [0.25, 0.3) is 0 Å². The third-order valence-electron chi connectivity index (χ3n) is 4.05. The lowest BCUT2D eigenvalue weighted by Crippen LogP contribution is -2.50. The van der Waals surface area contributed by atoms with E-state index in [1.54, 1.807) is 0 Å². The fourth-order valence-corrected chi connectivity index (χ4v) is 3.63. The van der Waals surface area contributed by atoms with Crippen molar-refractivity contribution in [3.05, 3.63) is 12.3 Å². The number of hydrogen-bond acceptors (Lipinski definition) is 1. The van der Waals surface area contributed by atoms with Crippen LogP contribution in [0, 0.1) is 5.92 Å². The summed E-state index contributed by atoms with van der Waals surface area (Å²) in [7, 11) is 0.366. The molecule has 0 saturated heterocycles. The van der Waals surface area contributed by atoms with Gasteiger partial charge < -0.3 is 4.43 Å². The first kappa shape index (κ1) is 14.6. The summed E-state index contributed by atoms with van der Waals surface area (Å²) < 4.78 is 8.66. The molecule has 1 unspecified atom stereocenters. The molecule has 0 aliphatic carbocycles. The molecule has 1 heterocycles. The lowest BCUT2D eigenvalue weighted by atomic mass is 9.93. The number of nitrogens with zero attached hydrogens (tertiary/aromatic N) is 1. The zero-order valence-corrected chi connectivity index (χ0v) is 13.7. The highest BCUT2D eigenvalue weighted by Crippen LogP contribution is 2.40. The molecular formula is C14H28NOSi+. The molecule has 1 rings (SSSR count). The smallest absolute Gasteiger partial charge is 0.192 e. The Morgan fingerprint density at radius 3 is 2.00 bits per heavy atom. The highest BCUT2D eigenvalue weighted by molar-refractivity contribution is 6.74. The summed E-state index contributed by atoms with van der Waals surface area (Å²) in [5.74, 6) is 0.377. The summed E-state index contributed by atoms with van der Waals surface area (Å²) in [5.41, 5.74) is -0.121. The standard InChI is InChI=1S/C14H28NOSi/c1-13(2,3)17(7,8)16-14(4,5)12-9-10-15(6)11-12/h9-12H,1-8H3/q+1. The van der Waals surface area contributed by atoms with Gasteiger partial charge in [-0.25, -0.2) is 4.58 Å². The van der Waals surface area contributed by atoms with Crippen LogP contribution in [0.1, 0.15) is 34.6 Å². The SMILES string of the molecule is C[N+]1=CC(C(C)(C)O[Si](C)(C)C(C)(C)C)C=C1. The van der Waals surface area contributed by atoms with Gasteiger partial charge in [0.15, 0.2) is 20.7 Å². The Bertz CT molecular complexity index is 348. The predicted octanol–water partition coefficient (Wildman–Crippen LogP) is 3.64. The molecule has 0 aromatic heterocycles. The van der Waals surface area contributed by atoms with E-state index in [2.05, 4.69) is 77.8 Å². The topological polar surface area (TPSA) is 12.2 Å². The Hall–Kier alpha value is -0.413. The molecule has 1 atom stereocenters. The van der Waals surface area contributed by atoms with Crippen molar-refractivity contribution < 1.29 is 9.00 Å². The van der Waals surface area contributed by atoms with E-state index in [1.165, 1.54) is 0 Å². The molecule has 0 bridgehead atoms.